The van der Waals surface area contributed by atoms with Gasteiger partial charge in [-0.15, -0.1) is 0 Å². The van der Waals surface area contributed by atoms with Gasteiger partial charge < -0.3 is 14.8 Å². The van der Waals surface area contributed by atoms with Crippen LogP contribution in [0.25, 0.3) is 0 Å². The van der Waals surface area contributed by atoms with Crippen molar-refractivity contribution in [1.29, 1.82) is 0 Å². The van der Waals surface area contributed by atoms with Crippen LogP contribution in [-0.4, -0.2) is 18.5 Å². The highest BCUT2D eigenvalue weighted by Crippen LogP contribution is 2.58. The number of hydrogen-bond donors (Lipinski definition) is 1. The van der Waals surface area contributed by atoms with Crippen LogP contribution in [0.3, 0.4) is 0 Å². The maximum absolute atomic E-state index is 12.1. The van der Waals surface area contributed by atoms with E-state index in [2.05, 4.69) is 0 Å². The standard InChI is InChI=1S/C8H20NO3P/c1-5-8(4,9)13(10,11-6-2)12-7-3/h5-7,9H2,1-4H3. The molecule has 80 valence electrons. The summed E-state index contributed by atoms with van der Waals surface area (Å²) in [5.41, 5.74) is 5.85. The smallest absolute Gasteiger partial charge is 0.315 e. The Morgan fingerprint density at radius 1 is 1.23 bits per heavy atom. The van der Waals surface area contributed by atoms with Crippen molar-refractivity contribution >= 4 is 7.60 Å². The topological polar surface area (TPSA) is 61.5 Å². The molecule has 0 fully saturated rings. The van der Waals surface area contributed by atoms with Crippen LogP contribution < -0.4 is 5.73 Å². The fourth-order valence-corrected chi connectivity index (χ4v) is 2.60. The van der Waals surface area contributed by atoms with E-state index in [9.17, 15) is 4.57 Å². The lowest BCUT2D eigenvalue weighted by molar-refractivity contribution is 0.197. The Morgan fingerprint density at radius 3 is 1.85 bits per heavy atom. The van der Waals surface area contributed by atoms with E-state index in [0.717, 1.165) is 0 Å². The van der Waals surface area contributed by atoms with Crippen LogP contribution in [0.4, 0.5) is 0 Å². The van der Waals surface area contributed by atoms with Crippen LogP contribution in [0, 0.1) is 0 Å². The minimum Gasteiger partial charge on any atom is -0.315 e. The van der Waals surface area contributed by atoms with E-state index in [-0.39, 0.29) is 0 Å². The van der Waals surface area contributed by atoms with Gasteiger partial charge in [-0.25, -0.2) is 0 Å². The molecule has 1 unspecified atom stereocenters. The zero-order chi connectivity index (χ0) is 10.5. The van der Waals surface area contributed by atoms with Gasteiger partial charge in [-0.1, -0.05) is 6.92 Å². The van der Waals surface area contributed by atoms with Gasteiger partial charge in [0.05, 0.1) is 13.2 Å². The summed E-state index contributed by atoms with van der Waals surface area (Å²) in [6.45, 7) is 7.81. The van der Waals surface area contributed by atoms with E-state index < -0.39 is 12.9 Å². The van der Waals surface area contributed by atoms with Crippen LogP contribution in [0.2, 0.25) is 0 Å². The van der Waals surface area contributed by atoms with Gasteiger partial charge in [0.2, 0.25) is 0 Å². The van der Waals surface area contributed by atoms with Gasteiger partial charge in [0.15, 0.2) is 0 Å². The van der Waals surface area contributed by atoms with Crippen LogP contribution in [-0.2, 0) is 13.6 Å². The zero-order valence-corrected chi connectivity index (χ0v) is 9.77. The monoisotopic (exact) mass is 209 g/mol. The summed E-state index contributed by atoms with van der Waals surface area (Å²) in [5.74, 6) is 0. The van der Waals surface area contributed by atoms with E-state index >= 15 is 0 Å². The van der Waals surface area contributed by atoms with Gasteiger partial charge in [-0.2, -0.15) is 0 Å². The van der Waals surface area contributed by atoms with Gasteiger partial charge in [-0.3, -0.25) is 4.57 Å². The average Bonchev–Trinajstić information content (AvgIpc) is 2.05. The molecule has 0 heterocycles. The lowest BCUT2D eigenvalue weighted by Crippen LogP contribution is -2.36. The molecule has 0 saturated heterocycles. The summed E-state index contributed by atoms with van der Waals surface area (Å²) >= 11 is 0. The third-order valence-electron chi connectivity index (χ3n) is 1.94. The Morgan fingerprint density at radius 2 is 1.62 bits per heavy atom. The van der Waals surface area contributed by atoms with Crippen LogP contribution in [0.1, 0.15) is 34.1 Å². The first-order valence-corrected chi connectivity index (χ1v) is 6.15. The number of hydrogen-bond acceptors (Lipinski definition) is 4. The second-order valence-corrected chi connectivity index (χ2v) is 5.58. The van der Waals surface area contributed by atoms with Crippen molar-refractivity contribution in [3.8, 4) is 0 Å². The van der Waals surface area contributed by atoms with Crippen molar-refractivity contribution in [2.45, 2.75) is 39.4 Å². The van der Waals surface area contributed by atoms with Crippen LogP contribution in [0.15, 0.2) is 0 Å². The molecule has 0 aliphatic rings. The first kappa shape index (κ1) is 13.1. The third kappa shape index (κ3) is 3.06. The SMILES string of the molecule is CCOP(=O)(OCC)C(C)(N)CC. The highest BCUT2D eigenvalue weighted by atomic mass is 31.2. The van der Waals surface area contributed by atoms with Crippen molar-refractivity contribution in [2.24, 2.45) is 5.73 Å². The molecule has 4 nitrogen and oxygen atoms in total. The Balaban J connectivity index is 4.67. The van der Waals surface area contributed by atoms with Gasteiger partial charge in [-0.05, 0) is 27.2 Å². The fraction of sp³-hybridized carbons (Fsp3) is 1.00. The lowest BCUT2D eigenvalue weighted by Gasteiger charge is -2.31. The van der Waals surface area contributed by atoms with E-state index in [1.807, 2.05) is 6.92 Å². The average molecular weight is 209 g/mol. The Labute approximate surface area is 80.3 Å². The van der Waals surface area contributed by atoms with Crippen molar-refractivity contribution < 1.29 is 13.6 Å². The van der Waals surface area contributed by atoms with Crippen LogP contribution >= 0.6 is 7.60 Å². The molecule has 0 aliphatic carbocycles. The van der Waals surface area contributed by atoms with Crippen molar-refractivity contribution in [3.63, 3.8) is 0 Å². The Hall–Kier alpha value is 0.110. The van der Waals surface area contributed by atoms with E-state index in [0.29, 0.717) is 19.6 Å². The maximum atomic E-state index is 12.1. The molecule has 0 amide bonds. The minimum atomic E-state index is -3.14. The summed E-state index contributed by atoms with van der Waals surface area (Å²) in [6, 6.07) is 0. The van der Waals surface area contributed by atoms with Crippen molar-refractivity contribution in [3.05, 3.63) is 0 Å². The Bertz CT molecular complexity index is 184. The van der Waals surface area contributed by atoms with Gasteiger partial charge in [0, 0.05) is 0 Å². The Kier molecular flexibility index (Phi) is 5.15. The summed E-state index contributed by atoms with van der Waals surface area (Å²) in [4.78, 5) is 0. The molecule has 13 heavy (non-hydrogen) atoms. The molecule has 1 atom stereocenters. The maximum Gasteiger partial charge on any atom is 0.349 e. The predicted molar refractivity (Wildman–Crippen MR) is 53.7 cm³/mol. The third-order valence-corrected chi connectivity index (χ3v) is 4.70. The molecule has 0 bridgehead atoms. The normalized spacial score (nSPS) is 17.0. The van der Waals surface area contributed by atoms with Gasteiger partial charge in [0.25, 0.3) is 0 Å². The van der Waals surface area contributed by atoms with Crippen molar-refractivity contribution in [1.82, 2.24) is 0 Å². The largest absolute Gasteiger partial charge is 0.349 e. The molecule has 5 heteroatoms. The summed E-state index contributed by atoms with van der Waals surface area (Å²) in [5, 5.41) is -0.890. The second kappa shape index (κ2) is 5.11. The minimum absolute atomic E-state index is 0.351. The van der Waals surface area contributed by atoms with Gasteiger partial charge in [0.1, 0.15) is 5.28 Å². The lowest BCUT2D eigenvalue weighted by atomic mass is 10.3. The van der Waals surface area contributed by atoms with Crippen molar-refractivity contribution in [2.75, 3.05) is 13.2 Å². The predicted octanol–water partition coefficient (Wildman–Crippen LogP) is 2.34. The number of nitrogens with two attached hydrogens (primary N) is 1. The molecule has 0 aromatic heterocycles. The highest BCUT2D eigenvalue weighted by molar-refractivity contribution is 7.55. The summed E-state index contributed by atoms with van der Waals surface area (Å²) in [6.07, 6.45) is 0.560. The molecular formula is C8H20NO3P. The molecule has 0 radical (unpaired) electrons. The van der Waals surface area contributed by atoms with Gasteiger partial charge >= 0.3 is 7.60 Å². The molecule has 0 aromatic rings. The molecule has 2 N–H and O–H groups in total. The van der Waals surface area contributed by atoms with E-state index in [4.69, 9.17) is 14.8 Å². The fourth-order valence-electron chi connectivity index (χ4n) is 0.866. The summed E-state index contributed by atoms with van der Waals surface area (Å²) < 4.78 is 22.4. The molecule has 0 saturated carbocycles. The molecule has 0 aliphatic heterocycles. The molecule has 0 rings (SSSR count). The zero-order valence-electron chi connectivity index (χ0n) is 8.87. The quantitative estimate of drug-likeness (QED) is 0.682. The first-order valence-electron chi connectivity index (χ1n) is 4.61. The molecule has 0 aromatic carbocycles. The van der Waals surface area contributed by atoms with E-state index in [1.165, 1.54) is 0 Å². The second-order valence-electron chi connectivity index (χ2n) is 3.04. The van der Waals surface area contributed by atoms with Crippen LogP contribution in [0.5, 0.6) is 0 Å². The highest BCUT2D eigenvalue weighted by Gasteiger charge is 2.42. The van der Waals surface area contributed by atoms with E-state index in [1.54, 1.807) is 20.8 Å². The first-order chi connectivity index (χ1) is 5.93. The molecular weight excluding hydrogens is 189 g/mol. The molecule has 0 spiro atoms. The summed E-state index contributed by atoms with van der Waals surface area (Å²) in [7, 11) is -3.14. The number of rotatable bonds is 6.